The Balaban J connectivity index is 2.37. The van der Waals surface area contributed by atoms with Crippen molar-refractivity contribution in [1.29, 1.82) is 0 Å². The Kier molecular flexibility index (Phi) is 3.41. The van der Waals surface area contributed by atoms with E-state index >= 15 is 0 Å². The third kappa shape index (κ3) is 2.39. The van der Waals surface area contributed by atoms with Crippen molar-refractivity contribution >= 4 is 5.69 Å². The van der Waals surface area contributed by atoms with Gasteiger partial charge in [-0.2, -0.15) is 0 Å². The first-order valence-electron chi connectivity index (χ1n) is 6.86. The summed E-state index contributed by atoms with van der Waals surface area (Å²) in [6.45, 7) is 13.5. The van der Waals surface area contributed by atoms with Crippen molar-refractivity contribution in [2.75, 3.05) is 25.0 Å². The summed E-state index contributed by atoms with van der Waals surface area (Å²) in [4.78, 5) is 2.44. The van der Waals surface area contributed by atoms with E-state index < -0.39 is 0 Å². The average molecular weight is 246 g/mol. The van der Waals surface area contributed by atoms with Crippen molar-refractivity contribution in [1.82, 2.24) is 5.32 Å². The predicted molar refractivity (Wildman–Crippen MR) is 79.7 cm³/mol. The Labute approximate surface area is 111 Å². The fourth-order valence-corrected chi connectivity index (χ4v) is 2.68. The van der Waals surface area contributed by atoms with Crippen molar-refractivity contribution in [2.24, 2.45) is 0 Å². The first-order valence-corrected chi connectivity index (χ1v) is 6.86. The highest BCUT2D eigenvalue weighted by Gasteiger charge is 2.25. The van der Waals surface area contributed by atoms with Crippen LogP contribution in [0.3, 0.4) is 0 Å². The molecule has 2 rings (SSSR count). The fourth-order valence-electron chi connectivity index (χ4n) is 2.68. The molecule has 0 spiro atoms. The van der Waals surface area contributed by atoms with Crippen LogP contribution in [-0.4, -0.2) is 26.2 Å². The van der Waals surface area contributed by atoms with E-state index in [1.54, 1.807) is 0 Å². The molecule has 1 aromatic carbocycles. The lowest BCUT2D eigenvalue weighted by molar-refractivity contribution is 0.428. The first-order chi connectivity index (χ1) is 8.30. The molecule has 1 saturated heterocycles. The monoisotopic (exact) mass is 246 g/mol. The molecular formula is C16H26N2. The van der Waals surface area contributed by atoms with Crippen LogP contribution in [-0.2, 0) is 5.41 Å². The number of nitrogens with one attached hydrogen (secondary N) is 1. The van der Waals surface area contributed by atoms with Gasteiger partial charge >= 0.3 is 0 Å². The second-order valence-electron chi connectivity index (χ2n) is 6.63. The molecule has 1 aliphatic heterocycles. The topological polar surface area (TPSA) is 15.3 Å². The summed E-state index contributed by atoms with van der Waals surface area (Å²) in [6, 6.07) is 5.36. The normalized spacial score (nSPS) is 16.6. The summed E-state index contributed by atoms with van der Waals surface area (Å²) >= 11 is 0. The Morgan fingerprint density at radius 1 is 1.11 bits per heavy atom. The van der Waals surface area contributed by atoms with E-state index in [0.717, 1.165) is 13.1 Å². The zero-order valence-corrected chi connectivity index (χ0v) is 12.6. The maximum Gasteiger partial charge on any atom is 0.0535 e. The summed E-state index contributed by atoms with van der Waals surface area (Å²) in [5.74, 6) is 0. The average Bonchev–Trinajstić information content (AvgIpc) is 2.11. The molecule has 2 nitrogen and oxygen atoms in total. The highest BCUT2D eigenvalue weighted by molar-refractivity contribution is 5.61. The van der Waals surface area contributed by atoms with Gasteiger partial charge in [0.05, 0.1) is 6.04 Å². The maximum atomic E-state index is 3.34. The zero-order chi connectivity index (χ0) is 13.5. The van der Waals surface area contributed by atoms with Crippen LogP contribution in [0.5, 0.6) is 0 Å². The van der Waals surface area contributed by atoms with Crippen LogP contribution in [0.25, 0.3) is 0 Å². The molecule has 1 fully saturated rings. The molecule has 1 heterocycles. The SMILES string of the molecule is Cc1cc(C(C)(C)C)cc(C)c1N(C)C1CNC1. The van der Waals surface area contributed by atoms with E-state index in [9.17, 15) is 0 Å². The van der Waals surface area contributed by atoms with E-state index in [1.165, 1.54) is 22.4 Å². The van der Waals surface area contributed by atoms with Crippen LogP contribution in [0.2, 0.25) is 0 Å². The van der Waals surface area contributed by atoms with Crippen LogP contribution in [0.4, 0.5) is 5.69 Å². The molecule has 2 heteroatoms. The van der Waals surface area contributed by atoms with Crippen molar-refractivity contribution in [3.8, 4) is 0 Å². The number of hydrogen-bond donors (Lipinski definition) is 1. The van der Waals surface area contributed by atoms with Gasteiger partial charge in [-0.05, 0) is 36.0 Å². The molecule has 0 unspecified atom stereocenters. The lowest BCUT2D eigenvalue weighted by Crippen LogP contribution is -2.56. The van der Waals surface area contributed by atoms with Crippen LogP contribution in [0.1, 0.15) is 37.5 Å². The summed E-state index contributed by atoms with van der Waals surface area (Å²) in [7, 11) is 2.22. The van der Waals surface area contributed by atoms with Crippen LogP contribution in [0.15, 0.2) is 12.1 Å². The van der Waals surface area contributed by atoms with Crippen molar-refractivity contribution in [3.63, 3.8) is 0 Å². The zero-order valence-electron chi connectivity index (χ0n) is 12.6. The maximum absolute atomic E-state index is 3.34. The number of likely N-dealkylation sites (N-methyl/N-ethyl adjacent to an activating group) is 1. The number of nitrogens with zero attached hydrogens (tertiary/aromatic N) is 1. The van der Waals surface area contributed by atoms with Gasteiger partial charge in [-0.1, -0.05) is 32.9 Å². The second kappa shape index (κ2) is 4.58. The summed E-state index contributed by atoms with van der Waals surface area (Å²) < 4.78 is 0. The molecule has 0 atom stereocenters. The number of rotatable bonds is 2. The van der Waals surface area contributed by atoms with E-state index in [4.69, 9.17) is 0 Å². The molecule has 1 N–H and O–H groups in total. The minimum atomic E-state index is 0.227. The van der Waals surface area contributed by atoms with Gasteiger partial charge in [0.1, 0.15) is 0 Å². The Morgan fingerprint density at radius 2 is 1.61 bits per heavy atom. The molecule has 100 valence electrons. The van der Waals surface area contributed by atoms with E-state index in [1.807, 2.05) is 0 Å². The van der Waals surface area contributed by atoms with Crippen molar-refractivity contribution in [2.45, 2.75) is 46.1 Å². The summed E-state index contributed by atoms with van der Waals surface area (Å²) in [5, 5.41) is 3.34. The lowest BCUT2D eigenvalue weighted by Gasteiger charge is -2.39. The minimum Gasteiger partial charge on any atom is -0.369 e. The molecule has 0 amide bonds. The summed E-state index contributed by atoms with van der Waals surface area (Å²) in [5.41, 5.74) is 5.87. The van der Waals surface area contributed by atoms with E-state index in [2.05, 4.69) is 64.0 Å². The number of hydrogen-bond acceptors (Lipinski definition) is 2. The van der Waals surface area contributed by atoms with Gasteiger partial charge in [0, 0.05) is 25.8 Å². The Bertz CT molecular complexity index is 416. The second-order valence-corrected chi connectivity index (χ2v) is 6.63. The van der Waals surface area contributed by atoms with Crippen molar-refractivity contribution < 1.29 is 0 Å². The van der Waals surface area contributed by atoms with E-state index in [0.29, 0.717) is 6.04 Å². The number of benzene rings is 1. The quantitative estimate of drug-likeness (QED) is 0.863. The third-order valence-corrected chi connectivity index (χ3v) is 4.02. The molecule has 1 aromatic rings. The molecule has 0 radical (unpaired) electrons. The van der Waals surface area contributed by atoms with Gasteiger partial charge in [-0.25, -0.2) is 0 Å². The molecule has 1 aliphatic rings. The molecule has 0 aromatic heterocycles. The molecular weight excluding hydrogens is 220 g/mol. The molecule has 18 heavy (non-hydrogen) atoms. The van der Waals surface area contributed by atoms with Gasteiger partial charge in [0.25, 0.3) is 0 Å². The number of aryl methyl sites for hydroxylation is 2. The van der Waals surface area contributed by atoms with Crippen LogP contribution >= 0.6 is 0 Å². The number of anilines is 1. The van der Waals surface area contributed by atoms with Gasteiger partial charge in [0.15, 0.2) is 0 Å². The highest BCUT2D eigenvalue weighted by Crippen LogP contribution is 2.32. The summed E-state index contributed by atoms with van der Waals surface area (Å²) in [6.07, 6.45) is 0. The highest BCUT2D eigenvalue weighted by atomic mass is 15.2. The van der Waals surface area contributed by atoms with Gasteiger partial charge in [-0.3, -0.25) is 0 Å². The van der Waals surface area contributed by atoms with Crippen LogP contribution < -0.4 is 10.2 Å². The molecule has 0 bridgehead atoms. The van der Waals surface area contributed by atoms with E-state index in [-0.39, 0.29) is 5.41 Å². The lowest BCUT2D eigenvalue weighted by atomic mass is 9.84. The third-order valence-electron chi connectivity index (χ3n) is 4.02. The van der Waals surface area contributed by atoms with Crippen LogP contribution in [0, 0.1) is 13.8 Å². The molecule has 0 aliphatic carbocycles. The fraction of sp³-hybridized carbons (Fsp3) is 0.625. The first kappa shape index (κ1) is 13.4. The minimum absolute atomic E-state index is 0.227. The standard InChI is InChI=1S/C16H26N2/c1-11-7-13(16(3,4)5)8-12(2)15(11)18(6)14-9-17-10-14/h7-8,14,17H,9-10H2,1-6H3. The smallest absolute Gasteiger partial charge is 0.0535 e. The van der Waals surface area contributed by atoms with Gasteiger partial charge in [0.2, 0.25) is 0 Å². The molecule has 0 saturated carbocycles. The largest absolute Gasteiger partial charge is 0.369 e. The van der Waals surface area contributed by atoms with Crippen molar-refractivity contribution in [3.05, 3.63) is 28.8 Å². The Hall–Kier alpha value is -1.02. The predicted octanol–water partition coefficient (Wildman–Crippen LogP) is 3.01. The Morgan fingerprint density at radius 3 is 1.94 bits per heavy atom. The van der Waals surface area contributed by atoms with Gasteiger partial charge < -0.3 is 10.2 Å². The van der Waals surface area contributed by atoms with Gasteiger partial charge in [-0.15, -0.1) is 0 Å².